The van der Waals surface area contributed by atoms with Crippen molar-refractivity contribution in [3.8, 4) is 0 Å². The van der Waals surface area contributed by atoms with Gasteiger partial charge in [0.25, 0.3) is 0 Å². The number of thiocarbonyl (C=S) groups is 1. The summed E-state index contributed by atoms with van der Waals surface area (Å²) in [5.74, 6) is 0. The van der Waals surface area contributed by atoms with Gasteiger partial charge in [-0.25, -0.2) is 0 Å². The lowest BCUT2D eigenvalue weighted by Gasteiger charge is -2.21. The molecular weight excluding hydrogens is 356 g/mol. The second-order valence-corrected chi connectivity index (χ2v) is 6.10. The highest BCUT2D eigenvalue weighted by Crippen LogP contribution is 2.18. The van der Waals surface area contributed by atoms with Gasteiger partial charge in [-0.05, 0) is 42.0 Å². The van der Waals surface area contributed by atoms with Crippen LogP contribution in [0.1, 0.15) is 5.56 Å². The Labute approximate surface area is 137 Å². The van der Waals surface area contributed by atoms with Gasteiger partial charge in [0.05, 0.1) is 0 Å². The fourth-order valence-corrected chi connectivity index (χ4v) is 2.52. The average molecular weight is 370 g/mol. The highest BCUT2D eigenvalue weighted by molar-refractivity contribution is 9.10. The Hall–Kier alpha value is -1.10. The topological polar surface area (TPSA) is 15.3 Å². The highest BCUT2D eigenvalue weighted by atomic mass is 79.9. The minimum atomic E-state index is 0.656. The quantitative estimate of drug-likeness (QED) is 0.772. The van der Waals surface area contributed by atoms with Crippen molar-refractivity contribution in [1.82, 2.24) is 4.90 Å². The molecule has 2 rings (SSSR count). The maximum absolute atomic E-state index is 6.16. The smallest absolute Gasteiger partial charge is 0.173 e. The largest absolute Gasteiger partial charge is 0.348 e. The molecule has 0 fully saturated rings. The van der Waals surface area contributed by atoms with Crippen LogP contribution in [-0.2, 0) is 6.54 Å². The molecule has 0 aliphatic heterocycles. The molecule has 104 valence electrons. The molecule has 2 aromatic rings. The van der Waals surface area contributed by atoms with Gasteiger partial charge in [0, 0.05) is 28.8 Å². The number of benzene rings is 2. The summed E-state index contributed by atoms with van der Waals surface area (Å²) in [6.45, 7) is 0.666. The Morgan fingerprint density at radius 1 is 1.25 bits per heavy atom. The lowest BCUT2D eigenvalue weighted by atomic mass is 10.2. The number of nitrogens with one attached hydrogen (secondary N) is 1. The zero-order valence-electron chi connectivity index (χ0n) is 10.9. The van der Waals surface area contributed by atoms with E-state index in [0.29, 0.717) is 11.7 Å². The minimum absolute atomic E-state index is 0.656. The van der Waals surface area contributed by atoms with Crippen LogP contribution in [0.5, 0.6) is 0 Å². The van der Waals surface area contributed by atoms with Crippen molar-refractivity contribution in [1.29, 1.82) is 0 Å². The van der Waals surface area contributed by atoms with Crippen molar-refractivity contribution >= 4 is 50.5 Å². The van der Waals surface area contributed by atoms with Crippen LogP contribution in [0.2, 0.25) is 5.02 Å². The van der Waals surface area contributed by atoms with E-state index >= 15 is 0 Å². The SMILES string of the molecule is CN(Cc1ccccc1Cl)C(=S)Nc1cccc(Br)c1. The first-order valence-corrected chi connectivity index (χ1v) is 7.65. The molecule has 0 heterocycles. The third kappa shape index (κ3) is 4.20. The molecule has 5 heteroatoms. The van der Waals surface area contributed by atoms with E-state index in [0.717, 1.165) is 20.7 Å². The van der Waals surface area contributed by atoms with Gasteiger partial charge in [0.1, 0.15) is 0 Å². The van der Waals surface area contributed by atoms with Gasteiger partial charge in [0.2, 0.25) is 0 Å². The van der Waals surface area contributed by atoms with Crippen molar-refractivity contribution < 1.29 is 0 Å². The van der Waals surface area contributed by atoms with Gasteiger partial charge in [-0.2, -0.15) is 0 Å². The molecule has 0 saturated heterocycles. The molecule has 0 bridgehead atoms. The van der Waals surface area contributed by atoms with Crippen LogP contribution in [0, 0.1) is 0 Å². The van der Waals surface area contributed by atoms with Crippen LogP contribution in [0.4, 0.5) is 5.69 Å². The lowest BCUT2D eigenvalue weighted by molar-refractivity contribution is 0.508. The van der Waals surface area contributed by atoms with Crippen molar-refractivity contribution in [2.45, 2.75) is 6.54 Å². The van der Waals surface area contributed by atoms with Crippen molar-refractivity contribution in [3.63, 3.8) is 0 Å². The second-order valence-electron chi connectivity index (χ2n) is 4.39. The predicted octanol–water partition coefficient (Wildman–Crippen LogP) is 4.93. The maximum Gasteiger partial charge on any atom is 0.173 e. The monoisotopic (exact) mass is 368 g/mol. The van der Waals surface area contributed by atoms with E-state index in [2.05, 4.69) is 21.2 Å². The molecule has 0 saturated carbocycles. The van der Waals surface area contributed by atoms with E-state index in [9.17, 15) is 0 Å². The number of hydrogen-bond acceptors (Lipinski definition) is 1. The van der Waals surface area contributed by atoms with Crippen LogP contribution >= 0.6 is 39.7 Å². The molecule has 2 nitrogen and oxygen atoms in total. The molecule has 0 unspecified atom stereocenters. The first-order chi connectivity index (χ1) is 9.56. The lowest BCUT2D eigenvalue weighted by Crippen LogP contribution is -2.30. The summed E-state index contributed by atoms with van der Waals surface area (Å²) in [5, 5.41) is 4.62. The molecule has 20 heavy (non-hydrogen) atoms. The second kappa shape index (κ2) is 7.07. The maximum atomic E-state index is 6.16. The Morgan fingerprint density at radius 3 is 2.70 bits per heavy atom. The molecule has 0 aromatic heterocycles. The van der Waals surface area contributed by atoms with Crippen molar-refractivity contribution in [2.24, 2.45) is 0 Å². The van der Waals surface area contributed by atoms with Crippen LogP contribution in [0.15, 0.2) is 53.0 Å². The number of anilines is 1. The summed E-state index contributed by atoms with van der Waals surface area (Å²) >= 11 is 15.0. The van der Waals surface area contributed by atoms with E-state index in [1.807, 2.05) is 60.5 Å². The zero-order chi connectivity index (χ0) is 14.5. The van der Waals surface area contributed by atoms with E-state index < -0.39 is 0 Å². The van der Waals surface area contributed by atoms with Crippen LogP contribution in [0.25, 0.3) is 0 Å². The van der Waals surface area contributed by atoms with Crippen molar-refractivity contribution in [3.05, 3.63) is 63.6 Å². The number of nitrogens with zero attached hydrogens (tertiary/aromatic N) is 1. The Morgan fingerprint density at radius 2 is 2.00 bits per heavy atom. The number of hydrogen-bond donors (Lipinski definition) is 1. The third-order valence-corrected chi connectivity index (χ3v) is 4.06. The van der Waals surface area contributed by atoms with E-state index in [1.165, 1.54) is 0 Å². The molecule has 0 radical (unpaired) electrons. The fraction of sp³-hybridized carbons (Fsp3) is 0.133. The molecule has 0 aliphatic carbocycles. The predicted molar refractivity (Wildman–Crippen MR) is 93.3 cm³/mol. The van der Waals surface area contributed by atoms with Gasteiger partial charge in [0.15, 0.2) is 5.11 Å². The van der Waals surface area contributed by atoms with E-state index in [1.54, 1.807) is 0 Å². The van der Waals surface area contributed by atoms with Gasteiger partial charge in [-0.3, -0.25) is 0 Å². The summed E-state index contributed by atoms with van der Waals surface area (Å²) in [5.41, 5.74) is 2.01. The van der Waals surface area contributed by atoms with E-state index in [4.69, 9.17) is 23.8 Å². The minimum Gasteiger partial charge on any atom is -0.348 e. The number of halogens is 2. The summed E-state index contributed by atoms with van der Waals surface area (Å²) in [6, 6.07) is 15.7. The first-order valence-electron chi connectivity index (χ1n) is 6.07. The summed E-state index contributed by atoms with van der Waals surface area (Å²) < 4.78 is 1.01. The van der Waals surface area contributed by atoms with Crippen LogP contribution in [0.3, 0.4) is 0 Å². The summed E-state index contributed by atoms with van der Waals surface area (Å²) in [4.78, 5) is 1.96. The fourth-order valence-electron chi connectivity index (χ4n) is 1.74. The van der Waals surface area contributed by atoms with Crippen molar-refractivity contribution in [2.75, 3.05) is 12.4 Å². The number of rotatable bonds is 3. The molecular formula is C15H14BrClN2S. The third-order valence-electron chi connectivity index (χ3n) is 2.79. The average Bonchev–Trinajstić information content (AvgIpc) is 2.41. The zero-order valence-corrected chi connectivity index (χ0v) is 14.1. The van der Waals surface area contributed by atoms with Gasteiger partial charge < -0.3 is 10.2 Å². The standard InChI is InChI=1S/C15H14BrClN2S/c1-19(10-11-5-2-3-8-14(11)17)15(20)18-13-7-4-6-12(16)9-13/h2-9H,10H2,1H3,(H,18,20). The molecule has 0 aliphatic rings. The molecule has 1 N–H and O–H groups in total. The highest BCUT2D eigenvalue weighted by Gasteiger charge is 2.07. The normalized spacial score (nSPS) is 10.2. The van der Waals surface area contributed by atoms with Gasteiger partial charge in [-0.15, -0.1) is 0 Å². The van der Waals surface area contributed by atoms with Crippen LogP contribution < -0.4 is 5.32 Å². The first kappa shape index (κ1) is 15.3. The molecule has 0 atom stereocenters. The molecule has 0 amide bonds. The summed E-state index contributed by atoms with van der Waals surface area (Å²) in [7, 11) is 1.94. The van der Waals surface area contributed by atoms with Gasteiger partial charge in [-0.1, -0.05) is 51.8 Å². The molecule has 0 spiro atoms. The Kier molecular flexibility index (Phi) is 5.40. The summed E-state index contributed by atoms with van der Waals surface area (Å²) in [6.07, 6.45) is 0. The van der Waals surface area contributed by atoms with E-state index in [-0.39, 0.29) is 0 Å². The Balaban J connectivity index is 2.01. The van der Waals surface area contributed by atoms with Gasteiger partial charge >= 0.3 is 0 Å². The molecule has 2 aromatic carbocycles. The van der Waals surface area contributed by atoms with Crippen LogP contribution in [-0.4, -0.2) is 17.1 Å². The Bertz CT molecular complexity index is 618.